The SMILES string of the molecule is CCc1ccc2nc(Nc3ccc(-c4ccc(C(=O)NC(CC(F)(F)F)C(=O)O)cc4)cc3F)sc2c1. The minimum atomic E-state index is -4.75. The lowest BCUT2D eigenvalue weighted by Crippen LogP contribution is -2.43. The zero-order chi connectivity index (χ0) is 26.7. The lowest BCUT2D eigenvalue weighted by Gasteiger charge is -2.16. The van der Waals surface area contributed by atoms with Crippen molar-refractivity contribution in [2.75, 3.05) is 5.32 Å². The van der Waals surface area contributed by atoms with Crippen molar-refractivity contribution in [1.82, 2.24) is 10.3 Å². The number of aryl methyl sites for hydroxylation is 1. The van der Waals surface area contributed by atoms with Crippen LogP contribution in [0.4, 0.5) is 28.4 Å². The Bertz CT molecular complexity index is 1450. The van der Waals surface area contributed by atoms with Crippen LogP contribution in [0.15, 0.2) is 60.7 Å². The van der Waals surface area contributed by atoms with E-state index in [-0.39, 0.29) is 11.3 Å². The number of fused-ring (bicyclic) bond motifs is 1. The molecule has 1 unspecified atom stereocenters. The molecule has 4 aromatic rings. The Labute approximate surface area is 213 Å². The highest BCUT2D eigenvalue weighted by Gasteiger charge is 2.36. The van der Waals surface area contributed by atoms with Crippen LogP contribution in [0.2, 0.25) is 0 Å². The highest BCUT2D eigenvalue weighted by Crippen LogP contribution is 2.32. The van der Waals surface area contributed by atoms with Crippen molar-refractivity contribution in [1.29, 1.82) is 0 Å². The number of aromatic nitrogens is 1. The van der Waals surface area contributed by atoms with E-state index in [9.17, 15) is 27.2 Å². The number of hydrogen-bond donors (Lipinski definition) is 3. The van der Waals surface area contributed by atoms with Crippen molar-refractivity contribution in [3.63, 3.8) is 0 Å². The zero-order valence-corrected chi connectivity index (χ0v) is 20.2. The summed E-state index contributed by atoms with van der Waals surface area (Å²) >= 11 is 1.42. The molecule has 0 aliphatic rings. The van der Waals surface area contributed by atoms with Crippen molar-refractivity contribution in [2.45, 2.75) is 32.0 Å². The van der Waals surface area contributed by atoms with Gasteiger partial charge in [0, 0.05) is 5.56 Å². The number of carboxylic acids is 1. The summed E-state index contributed by atoms with van der Waals surface area (Å²) in [7, 11) is 0. The predicted octanol–water partition coefficient (Wildman–Crippen LogP) is 6.54. The fourth-order valence-electron chi connectivity index (χ4n) is 3.64. The van der Waals surface area contributed by atoms with Gasteiger partial charge in [-0.2, -0.15) is 13.2 Å². The molecule has 3 N–H and O–H groups in total. The molecule has 0 saturated carbocycles. The highest BCUT2D eigenvalue weighted by atomic mass is 32.1. The topological polar surface area (TPSA) is 91.3 Å². The van der Waals surface area contributed by atoms with Crippen molar-refractivity contribution >= 4 is 44.2 Å². The molecule has 0 spiro atoms. The van der Waals surface area contributed by atoms with Gasteiger partial charge in [0.2, 0.25) is 0 Å². The molecule has 0 bridgehead atoms. The summed E-state index contributed by atoms with van der Waals surface area (Å²) in [5, 5.41) is 14.4. The first-order valence-electron chi connectivity index (χ1n) is 11.2. The Morgan fingerprint density at radius 1 is 1.03 bits per heavy atom. The minimum Gasteiger partial charge on any atom is -0.480 e. The third-order valence-electron chi connectivity index (χ3n) is 5.59. The second-order valence-corrected chi connectivity index (χ2v) is 9.29. The van der Waals surface area contributed by atoms with Crippen molar-refractivity contribution in [3.05, 3.63) is 77.6 Å². The van der Waals surface area contributed by atoms with Gasteiger partial charge in [0.1, 0.15) is 11.9 Å². The van der Waals surface area contributed by atoms with E-state index in [0.29, 0.717) is 16.3 Å². The van der Waals surface area contributed by atoms with E-state index >= 15 is 0 Å². The Hall–Kier alpha value is -3.99. The fourth-order valence-corrected chi connectivity index (χ4v) is 4.58. The summed E-state index contributed by atoms with van der Waals surface area (Å²) in [4.78, 5) is 27.8. The number of rotatable bonds is 8. The standard InChI is InChI=1S/C26H21F4N3O3S/c1-2-14-3-9-20-22(11-14)37-25(33-20)32-19-10-8-17(12-18(19)27)15-4-6-16(7-5-15)23(34)31-21(24(35)36)13-26(28,29)30/h3-12,21H,2,13H2,1H3,(H,31,34)(H,32,33)(H,35,36). The lowest BCUT2D eigenvalue weighted by molar-refractivity contribution is -0.157. The molecular formula is C26H21F4N3O3S. The largest absolute Gasteiger partial charge is 0.480 e. The molecule has 1 amide bonds. The number of benzene rings is 3. The average Bonchev–Trinajstić information content (AvgIpc) is 3.25. The lowest BCUT2D eigenvalue weighted by atomic mass is 10.0. The molecule has 3 aromatic carbocycles. The van der Waals surface area contributed by atoms with Gasteiger partial charge in [-0.05, 0) is 59.5 Å². The second kappa shape index (κ2) is 10.6. The number of nitrogens with zero attached hydrogens (tertiary/aromatic N) is 1. The molecule has 6 nitrogen and oxygen atoms in total. The summed E-state index contributed by atoms with van der Waals surface area (Å²) in [6, 6.07) is 14.1. The Kier molecular flexibility index (Phi) is 7.44. The van der Waals surface area contributed by atoms with Crippen LogP contribution in [0, 0.1) is 5.82 Å². The normalized spacial score (nSPS) is 12.4. The van der Waals surface area contributed by atoms with Crippen LogP contribution in [0.5, 0.6) is 0 Å². The summed E-state index contributed by atoms with van der Waals surface area (Å²) < 4.78 is 53.6. The van der Waals surface area contributed by atoms with Crippen LogP contribution in [-0.2, 0) is 11.2 Å². The van der Waals surface area contributed by atoms with Gasteiger partial charge in [-0.25, -0.2) is 14.2 Å². The van der Waals surface area contributed by atoms with E-state index in [1.807, 2.05) is 17.4 Å². The molecule has 0 saturated heterocycles. The molecule has 11 heteroatoms. The van der Waals surface area contributed by atoms with Crippen molar-refractivity contribution in [2.24, 2.45) is 0 Å². The summed E-state index contributed by atoms with van der Waals surface area (Å²) in [5.41, 5.74) is 3.27. The van der Waals surface area contributed by atoms with Gasteiger partial charge in [0.25, 0.3) is 5.91 Å². The maximum Gasteiger partial charge on any atom is 0.391 e. The van der Waals surface area contributed by atoms with Gasteiger partial charge >= 0.3 is 12.1 Å². The van der Waals surface area contributed by atoms with Gasteiger partial charge in [-0.1, -0.05) is 42.5 Å². The zero-order valence-electron chi connectivity index (χ0n) is 19.4. The number of alkyl halides is 3. The smallest absolute Gasteiger partial charge is 0.391 e. The van der Waals surface area contributed by atoms with Crippen LogP contribution in [0.1, 0.15) is 29.3 Å². The first kappa shape index (κ1) is 26.1. The third-order valence-corrected chi connectivity index (χ3v) is 6.52. The second-order valence-electron chi connectivity index (χ2n) is 8.26. The Balaban J connectivity index is 1.46. The first-order valence-corrected chi connectivity index (χ1v) is 12.0. The molecule has 0 aliphatic heterocycles. The van der Waals surface area contributed by atoms with E-state index in [2.05, 4.69) is 23.3 Å². The molecule has 0 radical (unpaired) electrons. The quantitative estimate of drug-likeness (QED) is 0.225. The summed E-state index contributed by atoms with van der Waals surface area (Å²) in [6.45, 7) is 2.06. The number of hydrogen-bond acceptors (Lipinski definition) is 5. The molecule has 0 aliphatic carbocycles. The third kappa shape index (κ3) is 6.42. The number of carbonyl (C=O) groups excluding carboxylic acids is 1. The van der Waals surface area contributed by atoms with E-state index < -0.39 is 36.3 Å². The fraction of sp³-hybridized carbons (Fsp3) is 0.192. The van der Waals surface area contributed by atoms with Crippen LogP contribution >= 0.6 is 11.3 Å². The minimum absolute atomic E-state index is 0.0296. The maximum absolute atomic E-state index is 14.9. The molecule has 1 aromatic heterocycles. The van der Waals surface area contributed by atoms with Gasteiger partial charge in [0.15, 0.2) is 5.13 Å². The van der Waals surface area contributed by atoms with Crippen LogP contribution in [0.3, 0.4) is 0 Å². The summed E-state index contributed by atoms with van der Waals surface area (Å²) in [6.07, 6.45) is -5.54. The predicted molar refractivity (Wildman–Crippen MR) is 134 cm³/mol. The van der Waals surface area contributed by atoms with Gasteiger partial charge in [0.05, 0.1) is 22.3 Å². The van der Waals surface area contributed by atoms with Gasteiger partial charge < -0.3 is 15.7 Å². The van der Waals surface area contributed by atoms with Crippen LogP contribution in [-0.4, -0.2) is 34.2 Å². The Morgan fingerprint density at radius 3 is 2.35 bits per heavy atom. The van der Waals surface area contributed by atoms with Gasteiger partial charge in [-0.3, -0.25) is 4.79 Å². The molecule has 4 rings (SSSR count). The summed E-state index contributed by atoms with van der Waals surface area (Å²) in [5.74, 6) is -3.27. The van der Waals surface area contributed by atoms with E-state index in [1.54, 1.807) is 12.1 Å². The molecule has 0 fully saturated rings. The number of carboxylic acid groups (broad SMARTS) is 1. The van der Waals surface area contributed by atoms with Crippen molar-refractivity contribution < 1.29 is 32.3 Å². The van der Waals surface area contributed by atoms with Crippen LogP contribution < -0.4 is 10.6 Å². The monoisotopic (exact) mass is 531 g/mol. The first-order chi connectivity index (χ1) is 17.5. The molecule has 1 atom stereocenters. The number of anilines is 2. The van der Waals surface area contributed by atoms with E-state index in [0.717, 1.165) is 16.6 Å². The number of halogens is 4. The average molecular weight is 532 g/mol. The van der Waals surface area contributed by atoms with E-state index in [4.69, 9.17) is 5.11 Å². The molecule has 1 heterocycles. The Morgan fingerprint density at radius 2 is 1.73 bits per heavy atom. The molecular weight excluding hydrogens is 510 g/mol. The highest BCUT2D eigenvalue weighted by molar-refractivity contribution is 7.22. The number of nitrogens with one attached hydrogen (secondary N) is 2. The van der Waals surface area contributed by atoms with E-state index in [1.165, 1.54) is 47.2 Å². The number of aliphatic carboxylic acids is 1. The number of thiazole rings is 1. The van der Waals surface area contributed by atoms with Gasteiger partial charge in [-0.15, -0.1) is 0 Å². The van der Waals surface area contributed by atoms with Crippen molar-refractivity contribution in [3.8, 4) is 11.1 Å². The number of amides is 1. The molecule has 192 valence electrons. The maximum atomic E-state index is 14.9. The van der Waals surface area contributed by atoms with Crippen LogP contribution in [0.25, 0.3) is 21.3 Å². The molecule has 37 heavy (non-hydrogen) atoms. The number of carbonyl (C=O) groups is 2.